The van der Waals surface area contributed by atoms with E-state index in [0.717, 1.165) is 22.9 Å². The summed E-state index contributed by atoms with van der Waals surface area (Å²) in [6, 6.07) is 3.76. The first-order chi connectivity index (χ1) is 15.9. The van der Waals surface area contributed by atoms with Gasteiger partial charge in [-0.05, 0) is 38.0 Å². The number of hydrogen-bond donors (Lipinski definition) is 2. The maximum atomic E-state index is 14.1. The van der Waals surface area contributed by atoms with Gasteiger partial charge in [-0.15, -0.1) is 5.10 Å². The van der Waals surface area contributed by atoms with Gasteiger partial charge in [0.15, 0.2) is 0 Å². The van der Waals surface area contributed by atoms with Crippen molar-refractivity contribution in [1.82, 2.24) is 20.1 Å². The summed E-state index contributed by atoms with van der Waals surface area (Å²) in [5, 5.41) is 17.5. The number of rotatable bonds is 5. The highest BCUT2D eigenvalue weighted by Gasteiger charge is 2.40. The molecule has 2 aromatic heterocycles. The molecule has 34 heavy (non-hydrogen) atoms. The monoisotopic (exact) mass is 488 g/mol. The molecule has 1 aromatic carbocycles. The number of nitrogens with one attached hydrogen (secondary N) is 1. The van der Waals surface area contributed by atoms with Gasteiger partial charge < -0.3 is 15.2 Å². The maximum Gasteiger partial charge on any atom is 0.418 e. The van der Waals surface area contributed by atoms with Gasteiger partial charge in [-0.25, -0.2) is 8.78 Å². The Labute approximate surface area is 190 Å². The molecule has 0 aliphatic carbocycles. The van der Waals surface area contributed by atoms with Gasteiger partial charge >= 0.3 is 6.18 Å². The number of benzene rings is 1. The fourth-order valence-electron chi connectivity index (χ4n) is 4.52. The fraction of sp³-hybridized carbons (Fsp3) is 0.455. The van der Waals surface area contributed by atoms with Crippen molar-refractivity contribution in [3.63, 3.8) is 0 Å². The van der Waals surface area contributed by atoms with Gasteiger partial charge in [0, 0.05) is 30.9 Å². The first-order valence-corrected chi connectivity index (χ1v) is 10.5. The highest BCUT2D eigenvalue weighted by atomic mass is 19.4. The number of hydrogen-bond acceptors (Lipinski definition) is 5. The molecule has 1 aliphatic heterocycles. The molecule has 3 aromatic rings. The molecule has 1 aliphatic rings. The predicted octanol–water partition coefficient (Wildman–Crippen LogP) is 4.47. The minimum atomic E-state index is -4.76. The second kappa shape index (κ2) is 8.73. The van der Waals surface area contributed by atoms with Crippen LogP contribution in [0.3, 0.4) is 0 Å². The van der Waals surface area contributed by atoms with E-state index in [4.69, 9.17) is 4.74 Å². The first kappa shape index (κ1) is 24.3. The smallest absolute Gasteiger partial charge is 0.418 e. The molecule has 3 heterocycles. The summed E-state index contributed by atoms with van der Waals surface area (Å²) in [7, 11) is 1.22. The Hall–Kier alpha value is -2.86. The lowest BCUT2D eigenvalue weighted by molar-refractivity contribution is -0.136. The van der Waals surface area contributed by atoms with Crippen LogP contribution < -0.4 is 10.1 Å². The molecule has 3 unspecified atom stereocenters. The number of ether oxygens (including phenoxy) is 1. The third-order valence-corrected chi connectivity index (χ3v) is 5.92. The number of nitrogens with zero attached hydrogens (tertiary/aromatic N) is 3. The van der Waals surface area contributed by atoms with E-state index in [2.05, 4.69) is 15.4 Å². The molecule has 0 bridgehead atoms. The van der Waals surface area contributed by atoms with Crippen LogP contribution in [0.5, 0.6) is 5.75 Å². The van der Waals surface area contributed by atoms with Crippen LogP contribution in [0, 0.1) is 5.95 Å². The van der Waals surface area contributed by atoms with Crippen LogP contribution in [0.2, 0.25) is 0 Å². The molecule has 12 heteroatoms. The number of fused-ring (bicyclic) bond motifs is 1. The van der Waals surface area contributed by atoms with Crippen molar-refractivity contribution in [3.05, 3.63) is 53.2 Å². The summed E-state index contributed by atoms with van der Waals surface area (Å²) in [5.74, 6) is -1.25. The van der Waals surface area contributed by atoms with Crippen LogP contribution in [0.1, 0.15) is 43.0 Å². The number of aromatic nitrogens is 3. The minimum Gasteiger partial charge on any atom is -0.492 e. The summed E-state index contributed by atoms with van der Waals surface area (Å²) >= 11 is 0. The zero-order valence-corrected chi connectivity index (χ0v) is 18.2. The van der Waals surface area contributed by atoms with Crippen molar-refractivity contribution in [1.29, 1.82) is 0 Å². The van der Waals surface area contributed by atoms with E-state index in [9.17, 15) is 31.4 Å². The van der Waals surface area contributed by atoms with Gasteiger partial charge in [0.2, 0.25) is 5.95 Å². The normalized spacial score (nSPS) is 23.6. The first-order valence-electron chi connectivity index (χ1n) is 10.5. The summed E-state index contributed by atoms with van der Waals surface area (Å²) in [6.07, 6.45) is -5.92. The molecule has 0 saturated carbocycles. The highest BCUT2D eigenvalue weighted by molar-refractivity contribution is 5.84. The third kappa shape index (κ3) is 4.69. The number of aryl methyl sites for hydroxylation is 1. The van der Waals surface area contributed by atoms with Crippen molar-refractivity contribution in [2.45, 2.75) is 50.1 Å². The molecule has 1 saturated heterocycles. The van der Waals surface area contributed by atoms with Gasteiger partial charge in [-0.3, -0.25) is 9.67 Å². The number of halogens is 6. The van der Waals surface area contributed by atoms with Crippen LogP contribution in [-0.2, 0) is 18.8 Å². The number of pyridine rings is 1. The second-order valence-electron chi connectivity index (χ2n) is 8.57. The van der Waals surface area contributed by atoms with Gasteiger partial charge in [0.1, 0.15) is 18.1 Å². The highest BCUT2D eigenvalue weighted by Crippen LogP contribution is 2.39. The Bertz CT molecular complexity index is 1180. The van der Waals surface area contributed by atoms with Gasteiger partial charge in [0.25, 0.3) is 6.43 Å². The predicted molar refractivity (Wildman–Crippen MR) is 110 cm³/mol. The quantitative estimate of drug-likeness (QED) is 0.519. The SMILES string of the molecule is CC1CC(O)(c2ccc(C(F)F)nc2)CC(COc2cc(C(F)(F)F)c3c(c2)c(F)nn3C)N1. The summed E-state index contributed by atoms with van der Waals surface area (Å²) < 4.78 is 86.9. The molecular weight excluding hydrogens is 466 g/mol. The number of aliphatic hydroxyl groups is 1. The number of alkyl halides is 5. The van der Waals surface area contributed by atoms with Crippen molar-refractivity contribution in [2.24, 2.45) is 7.05 Å². The Morgan fingerprint density at radius 1 is 1.26 bits per heavy atom. The Kier molecular flexibility index (Phi) is 6.23. The minimum absolute atomic E-state index is 0.0999. The third-order valence-electron chi connectivity index (χ3n) is 5.92. The summed E-state index contributed by atoms with van der Waals surface area (Å²) in [6.45, 7) is 1.68. The lowest BCUT2D eigenvalue weighted by Crippen LogP contribution is -2.53. The van der Waals surface area contributed by atoms with Crippen LogP contribution in [0.25, 0.3) is 10.9 Å². The fourth-order valence-corrected chi connectivity index (χ4v) is 4.52. The Balaban J connectivity index is 1.56. The van der Waals surface area contributed by atoms with Crippen molar-refractivity contribution < 1.29 is 36.2 Å². The van der Waals surface area contributed by atoms with Crippen LogP contribution in [0.15, 0.2) is 30.5 Å². The Morgan fingerprint density at radius 3 is 2.62 bits per heavy atom. The van der Waals surface area contributed by atoms with E-state index in [-0.39, 0.29) is 36.6 Å². The number of piperidine rings is 1. The van der Waals surface area contributed by atoms with E-state index in [0.29, 0.717) is 5.56 Å². The average molecular weight is 488 g/mol. The zero-order valence-electron chi connectivity index (χ0n) is 18.2. The van der Waals surface area contributed by atoms with E-state index in [1.54, 1.807) is 6.92 Å². The van der Waals surface area contributed by atoms with Gasteiger partial charge in [-0.2, -0.15) is 17.6 Å². The van der Waals surface area contributed by atoms with Gasteiger partial charge in [0.05, 0.1) is 22.1 Å². The average Bonchev–Trinajstić information content (AvgIpc) is 3.04. The molecule has 0 radical (unpaired) electrons. The molecule has 6 nitrogen and oxygen atoms in total. The molecule has 0 spiro atoms. The molecule has 1 fully saturated rings. The maximum absolute atomic E-state index is 14.1. The van der Waals surface area contributed by atoms with Crippen LogP contribution in [0.4, 0.5) is 26.3 Å². The largest absolute Gasteiger partial charge is 0.492 e. The van der Waals surface area contributed by atoms with Crippen molar-refractivity contribution in [3.8, 4) is 5.75 Å². The van der Waals surface area contributed by atoms with E-state index >= 15 is 0 Å². The van der Waals surface area contributed by atoms with Crippen LogP contribution >= 0.6 is 0 Å². The molecule has 4 rings (SSSR count). The van der Waals surface area contributed by atoms with Crippen molar-refractivity contribution in [2.75, 3.05) is 6.61 Å². The standard InChI is InChI=1S/C22H22F6N4O2/c1-11-7-21(33,12-3-4-17(19(23)24)29-9-12)8-13(30-11)10-34-14-5-15-18(32(2)31-20(15)25)16(6-14)22(26,27)28/h3-6,9,11,13,19,30,33H,7-8,10H2,1-2H3. The summed E-state index contributed by atoms with van der Waals surface area (Å²) in [4.78, 5) is 3.70. The Morgan fingerprint density at radius 2 is 2.00 bits per heavy atom. The summed E-state index contributed by atoms with van der Waals surface area (Å²) in [5.41, 5.74) is -2.93. The molecule has 2 N–H and O–H groups in total. The molecular formula is C22H22F6N4O2. The lowest BCUT2D eigenvalue weighted by Gasteiger charge is -2.41. The van der Waals surface area contributed by atoms with E-state index < -0.39 is 47.0 Å². The lowest BCUT2D eigenvalue weighted by atomic mass is 9.79. The zero-order chi connectivity index (χ0) is 24.8. The van der Waals surface area contributed by atoms with Crippen LogP contribution in [-0.4, -0.2) is 38.6 Å². The second-order valence-corrected chi connectivity index (χ2v) is 8.57. The molecule has 3 atom stereocenters. The topological polar surface area (TPSA) is 72.2 Å². The molecule has 184 valence electrons. The van der Waals surface area contributed by atoms with E-state index in [1.807, 2.05) is 0 Å². The van der Waals surface area contributed by atoms with E-state index in [1.165, 1.54) is 19.3 Å². The van der Waals surface area contributed by atoms with Gasteiger partial charge in [-0.1, -0.05) is 6.07 Å². The van der Waals surface area contributed by atoms with Crippen molar-refractivity contribution >= 4 is 10.9 Å². The molecule has 0 amide bonds.